The molecule has 0 radical (unpaired) electrons. The first-order valence-corrected chi connectivity index (χ1v) is 6.21. The van der Waals surface area contributed by atoms with Crippen LogP contribution >= 0.6 is 11.6 Å². The summed E-state index contributed by atoms with van der Waals surface area (Å²) in [7, 11) is 1.44. The Balaban J connectivity index is 2.39. The molecule has 0 aliphatic rings. The third-order valence-electron chi connectivity index (χ3n) is 2.88. The Hall–Kier alpha value is -2.20. The van der Waals surface area contributed by atoms with Gasteiger partial charge in [-0.15, -0.1) is 0 Å². The molecule has 0 spiro atoms. The molecule has 0 saturated carbocycles. The van der Waals surface area contributed by atoms with Crippen LogP contribution in [0.3, 0.4) is 0 Å². The van der Waals surface area contributed by atoms with Gasteiger partial charge in [0.15, 0.2) is 5.82 Å². The molecule has 5 heteroatoms. The van der Waals surface area contributed by atoms with E-state index in [1.165, 1.54) is 25.2 Å². The highest BCUT2D eigenvalue weighted by molar-refractivity contribution is 6.67. The first kappa shape index (κ1) is 14.2. The maximum atomic E-state index is 14.2. The van der Waals surface area contributed by atoms with Crippen molar-refractivity contribution in [3.8, 4) is 0 Å². The molecule has 1 amide bonds. The van der Waals surface area contributed by atoms with Crippen LogP contribution in [0.2, 0.25) is 0 Å². The van der Waals surface area contributed by atoms with Gasteiger partial charge >= 0.3 is 0 Å². The topological polar surface area (TPSA) is 37.4 Å². The lowest BCUT2D eigenvalue weighted by molar-refractivity contribution is 0.0990. The minimum atomic E-state index is -0.898. The quantitative estimate of drug-likeness (QED) is 0.812. The van der Waals surface area contributed by atoms with E-state index < -0.39 is 11.1 Å². The van der Waals surface area contributed by atoms with Crippen molar-refractivity contribution in [1.29, 1.82) is 0 Å². The molecule has 20 heavy (non-hydrogen) atoms. The molecule has 3 nitrogen and oxygen atoms in total. The van der Waals surface area contributed by atoms with Gasteiger partial charge in [-0.05, 0) is 35.9 Å². The number of benzene rings is 2. The van der Waals surface area contributed by atoms with Crippen molar-refractivity contribution in [2.45, 2.75) is 0 Å². The number of amides is 1. The van der Waals surface area contributed by atoms with Crippen LogP contribution in [0.15, 0.2) is 48.5 Å². The number of anilines is 1. The SMILES string of the molecule is CN(C(=O)c1ccccc1)c1cccc(C(=O)Cl)c1F. The Morgan fingerprint density at radius 2 is 1.70 bits per heavy atom. The highest BCUT2D eigenvalue weighted by Crippen LogP contribution is 2.23. The lowest BCUT2D eigenvalue weighted by atomic mass is 10.1. The first-order valence-electron chi connectivity index (χ1n) is 5.84. The van der Waals surface area contributed by atoms with Gasteiger partial charge in [0, 0.05) is 12.6 Å². The minimum Gasteiger partial charge on any atom is -0.309 e. The summed E-state index contributed by atoms with van der Waals surface area (Å²) < 4.78 is 14.2. The van der Waals surface area contributed by atoms with E-state index in [0.29, 0.717) is 5.56 Å². The van der Waals surface area contributed by atoms with E-state index in [2.05, 4.69) is 0 Å². The fourth-order valence-electron chi connectivity index (χ4n) is 1.81. The van der Waals surface area contributed by atoms with Crippen molar-refractivity contribution in [2.75, 3.05) is 11.9 Å². The van der Waals surface area contributed by atoms with E-state index in [0.717, 1.165) is 4.90 Å². The van der Waals surface area contributed by atoms with Crippen molar-refractivity contribution in [3.05, 3.63) is 65.5 Å². The van der Waals surface area contributed by atoms with Gasteiger partial charge in [0.1, 0.15) is 0 Å². The number of rotatable bonds is 3. The highest BCUT2D eigenvalue weighted by Gasteiger charge is 2.20. The highest BCUT2D eigenvalue weighted by atomic mass is 35.5. The third kappa shape index (κ3) is 2.70. The number of hydrogen-bond acceptors (Lipinski definition) is 2. The smallest absolute Gasteiger partial charge is 0.258 e. The fourth-order valence-corrected chi connectivity index (χ4v) is 1.96. The van der Waals surface area contributed by atoms with Gasteiger partial charge in [0.05, 0.1) is 11.3 Å². The number of halogens is 2. The summed E-state index contributed by atoms with van der Waals surface area (Å²) in [4.78, 5) is 24.5. The average Bonchev–Trinajstić information content (AvgIpc) is 2.46. The lowest BCUT2D eigenvalue weighted by Gasteiger charge is -2.18. The molecule has 0 bridgehead atoms. The van der Waals surface area contributed by atoms with Gasteiger partial charge in [-0.1, -0.05) is 24.3 Å². The first-order chi connectivity index (χ1) is 9.52. The van der Waals surface area contributed by atoms with E-state index in [-0.39, 0.29) is 17.2 Å². The van der Waals surface area contributed by atoms with Crippen molar-refractivity contribution >= 4 is 28.4 Å². The van der Waals surface area contributed by atoms with Crippen molar-refractivity contribution < 1.29 is 14.0 Å². The molecule has 2 aromatic rings. The van der Waals surface area contributed by atoms with Crippen LogP contribution in [0.1, 0.15) is 20.7 Å². The summed E-state index contributed by atoms with van der Waals surface area (Å²) in [5, 5.41) is -0.898. The summed E-state index contributed by atoms with van der Waals surface area (Å²) in [6.07, 6.45) is 0. The van der Waals surface area contributed by atoms with Crippen LogP contribution in [0.25, 0.3) is 0 Å². The third-order valence-corrected chi connectivity index (χ3v) is 3.08. The van der Waals surface area contributed by atoms with E-state index >= 15 is 0 Å². The Morgan fingerprint density at radius 1 is 1.05 bits per heavy atom. The van der Waals surface area contributed by atoms with Crippen LogP contribution in [0.4, 0.5) is 10.1 Å². The Labute approximate surface area is 120 Å². The van der Waals surface area contributed by atoms with Crippen molar-refractivity contribution in [2.24, 2.45) is 0 Å². The average molecular weight is 292 g/mol. The molecule has 0 fully saturated rings. The summed E-state index contributed by atoms with van der Waals surface area (Å²) in [5.41, 5.74) is 0.180. The minimum absolute atomic E-state index is 0.00496. The molecular weight excluding hydrogens is 281 g/mol. The second-order valence-electron chi connectivity index (χ2n) is 4.14. The number of hydrogen-bond donors (Lipinski definition) is 0. The molecule has 0 aliphatic heterocycles. The largest absolute Gasteiger partial charge is 0.309 e. The molecular formula is C15H11ClFNO2. The maximum absolute atomic E-state index is 14.2. The second kappa shape index (κ2) is 5.84. The van der Waals surface area contributed by atoms with E-state index in [9.17, 15) is 14.0 Å². The van der Waals surface area contributed by atoms with E-state index in [1.54, 1.807) is 30.3 Å². The molecule has 0 N–H and O–H groups in total. The summed E-state index contributed by atoms with van der Waals surface area (Å²) in [6.45, 7) is 0. The molecule has 2 aromatic carbocycles. The Kier molecular flexibility index (Phi) is 4.15. The van der Waals surface area contributed by atoms with E-state index in [1.807, 2.05) is 0 Å². The van der Waals surface area contributed by atoms with Gasteiger partial charge < -0.3 is 4.90 Å². The van der Waals surface area contributed by atoms with Crippen LogP contribution in [-0.4, -0.2) is 18.2 Å². The fraction of sp³-hybridized carbons (Fsp3) is 0.0667. The summed E-state index contributed by atoms with van der Waals surface area (Å²) in [6, 6.07) is 12.6. The molecule has 0 unspecified atom stereocenters. The molecule has 0 aromatic heterocycles. The van der Waals surface area contributed by atoms with Crippen LogP contribution < -0.4 is 4.90 Å². The second-order valence-corrected chi connectivity index (χ2v) is 4.49. The van der Waals surface area contributed by atoms with Gasteiger partial charge in [-0.25, -0.2) is 4.39 Å². The number of nitrogens with zero attached hydrogens (tertiary/aromatic N) is 1. The number of carbonyl (C=O) groups is 2. The van der Waals surface area contributed by atoms with Gasteiger partial charge in [0.25, 0.3) is 11.1 Å². The predicted molar refractivity (Wildman–Crippen MR) is 75.8 cm³/mol. The maximum Gasteiger partial charge on any atom is 0.258 e. The van der Waals surface area contributed by atoms with Gasteiger partial charge in [0.2, 0.25) is 0 Å². The Morgan fingerprint density at radius 3 is 2.30 bits per heavy atom. The zero-order chi connectivity index (χ0) is 14.7. The van der Waals surface area contributed by atoms with Crippen LogP contribution in [0, 0.1) is 5.82 Å². The summed E-state index contributed by atoms with van der Waals surface area (Å²) >= 11 is 5.30. The molecule has 102 valence electrons. The lowest BCUT2D eigenvalue weighted by Crippen LogP contribution is -2.27. The van der Waals surface area contributed by atoms with Crippen LogP contribution in [0.5, 0.6) is 0 Å². The molecule has 0 atom stereocenters. The normalized spacial score (nSPS) is 10.2. The Bertz CT molecular complexity index is 658. The molecule has 0 aliphatic carbocycles. The molecule has 0 heterocycles. The summed E-state index contributed by atoms with van der Waals surface area (Å²) in [5.74, 6) is -1.18. The van der Waals surface area contributed by atoms with Crippen molar-refractivity contribution in [3.63, 3.8) is 0 Å². The zero-order valence-corrected chi connectivity index (χ0v) is 11.4. The monoisotopic (exact) mass is 291 g/mol. The standard InChI is InChI=1S/C15H11ClFNO2/c1-18(15(20)10-6-3-2-4-7-10)12-9-5-8-11(13(12)17)14(16)19/h2-9H,1H3. The number of carbonyl (C=O) groups excluding carboxylic acids is 2. The van der Waals surface area contributed by atoms with E-state index in [4.69, 9.17) is 11.6 Å². The van der Waals surface area contributed by atoms with Crippen LogP contribution in [-0.2, 0) is 0 Å². The predicted octanol–water partition coefficient (Wildman–Crippen LogP) is 3.48. The van der Waals surface area contributed by atoms with Gasteiger partial charge in [-0.2, -0.15) is 0 Å². The molecule has 2 rings (SSSR count). The molecule has 0 saturated heterocycles. The van der Waals surface area contributed by atoms with Crippen molar-refractivity contribution in [1.82, 2.24) is 0 Å². The van der Waals surface area contributed by atoms with Gasteiger partial charge in [-0.3, -0.25) is 9.59 Å². The zero-order valence-electron chi connectivity index (χ0n) is 10.6.